The van der Waals surface area contributed by atoms with Gasteiger partial charge in [0.25, 0.3) is 0 Å². The first-order chi connectivity index (χ1) is 4.66. The van der Waals surface area contributed by atoms with Crippen LogP contribution in [-0.4, -0.2) is 18.5 Å². The topological polar surface area (TPSA) is 66.4 Å². The molecule has 0 saturated carbocycles. The van der Waals surface area contributed by atoms with E-state index >= 15 is 0 Å². The summed E-state index contributed by atoms with van der Waals surface area (Å²) in [4.78, 5) is 20.0. The SMILES string of the molecule is CCOC(=O)C=CC(=O)[O-].[Li+]. The maximum absolute atomic E-state index is 10.3. The van der Waals surface area contributed by atoms with Gasteiger partial charge in [-0.15, -0.1) is 0 Å². The predicted octanol–water partition coefficient (Wildman–Crippen LogP) is -4.14. The number of aliphatic carboxylic acids is 1. The predicted molar refractivity (Wildman–Crippen MR) is 30.8 cm³/mol. The van der Waals surface area contributed by atoms with Gasteiger partial charge in [-0.3, -0.25) is 0 Å². The summed E-state index contributed by atoms with van der Waals surface area (Å²) in [5.74, 6) is -2.08. The Bertz CT molecular complexity index is 164. The van der Waals surface area contributed by atoms with Crippen LogP contribution in [0.2, 0.25) is 0 Å². The summed E-state index contributed by atoms with van der Waals surface area (Å²) in [7, 11) is 0. The van der Waals surface area contributed by atoms with E-state index in [9.17, 15) is 14.7 Å². The summed E-state index contributed by atoms with van der Waals surface area (Å²) in [5, 5.41) is 9.70. The summed E-state index contributed by atoms with van der Waals surface area (Å²) < 4.78 is 4.38. The van der Waals surface area contributed by atoms with E-state index in [-0.39, 0.29) is 25.5 Å². The molecule has 0 amide bonds. The number of esters is 1. The van der Waals surface area contributed by atoms with Gasteiger partial charge in [-0.1, -0.05) is 0 Å². The number of hydrogen-bond donors (Lipinski definition) is 0. The van der Waals surface area contributed by atoms with Crippen LogP contribution in [0.25, 0.3) is 0 Å². The van der Waals surface area contributed by atoms with Crippen molar-refractivity contribution < 1.29 is 38.3 Å². The van der Waals surface area contributed by atoms with E-state index in [4.69, 9.17) is 0 Å². The molecule has 0 spiro atoms. The van der Waals surface area contributed by atoms with Gasteiger partial charge in [0, 0.05) is 6.08 Å². The van der Waals surface area contributed by atoms with Crippen molar-refractivity contribution >= 4 is 11.9 Å². The van der Waals surface area contributed by atoms with Crippen molar-refractivity contribution in [3.05, 3.63) is 12.2 Å². The molecule has 0 aromatic heterocycles. The largest absolute Gasteiger partial charge is 1.00 e. The van der Waals surface area contributed by atoms with Gasteiger partial charge in [0.2, 0.25) is 0 Å². The molecular formula is C6H7LiO4. The molecule has 56 valence electrons. The third-order valence-corrected chi connectivity index (χ3v) is 0.642. The van der Waals surface area contributed by atoms with Crippen LogP contribution in [0.3, 0.4) is 0 Å². The number of ether oxygens (including phenoxy) is 1. The van der Waals surface area contributed by atoms with Gasteiger partial charge in [-0.05, 0) is 13.0 Å². The molecule has 0 aliphatic heterocycles. The number of carbonyl (C=O) groups excluding carboxylic acids is 2. The van der Waals surface area contributed by atoms with Gasteiger partial charge in [-0.25, -0.2) is 4.79 Å². The van der Waals surface area contributed by atoms with E-state index in [1.807, 2.05) is 0 Å². The van der Waals surface area contributed by atoms with Crippen molar-refractivity contribution in [3.63, 3.8) is 0 Å². The Hall–Kier alpha value is -0.723. The minimum Gasteiger partial charge on any atom is -0.545 e. The second-order valence-electron chi connectivity index (χ2n) is 1.40. The minimum atomic E-state index is -1.41. The van der Waals surface area contributed by atoms with Gasteiger partial charge in [0.1, 0.15) is 0 Å². The number of hydrogen-bond acceptors (Lipinski definition) is 4. The number of carboxylic acids is 1. The Balaban J connectivity index is 0. The second-order valence-corrected chi connectivity index (χ2v) is 1.40. The van der Waals surface area contributed by atoms with Crippen molar-refractivity contribution in [1.29, 1.82) is 0 Å². The first-order valence-electron chi connectivity index (χ1n) is 2.72. The smallest absolute Gasteiger partial charge is 0.545 e. The molecule has 5 heteroatoms. The Morgan fingerprint density at radius 3 is 2.36 bits per heavy atom. The molecule has 11 heavy (non-hydrogen) atoms. The van der Waals surface area contributed by atoms with Crippen LogP contribution < -0.4 is 24.0 Å². The fraction of sp³-hybridized carbons (Fsp3) is 0.333. The molecule has 0 rings (SSSR count). The van der Waals surface area contributed by atoms with E-state index in [0.717, 1.165) is 6.08 Å². The van der Waals surface area contributed by atoms with E-state index in [1.54, 1.807) is 6.92 Å². The summed E-state index contributed by atoms with van der Waals surface area (Å²) in [6.45, 7) is 1.86. The van der Waals surface area contributed by atoms with Crippen LogP contribution in [0.4, 0.5) is 0 Å². The fourth-order valence-corrected chi connectivity index (χ4v) is 0.326. The average Bonchev–Trinajstić information content (AvgIpc) is 1.85. The van der Waals surface area contributed by atoms with Gasteiger partial charge < -0.3 is 14.6 Å². The zero-order chi connectivity index (χ0) is 7.98. The van der Waals surface area contributed by atoms with E-state index in [1.165, 1.54) is 0 Å². The molecule has 0 atom stereocenters. The van der Waals surface area contributed by atoms with Crippen LogP contribution in [0.5, 0.6) is 0 Å². The van der Waals surface area contributed by atoms with Gasteiger partial charge in [-0.2, -0.15) is 0 Å². The zero-order valence-corrected chi connectivity index (χ0v) is 6.49. The molecule has 0 aliphatic carbocycles. The van der Waals surface area contributed by atoms with Gasteiger partial charge in [0.15, 0.2) is 0 Å². The van der Waals surface area contributed by atoms with Crippen molar-refractivity contribution in [2.45, 2.75) is 6.92 Å². The standard InChI is InChI=1S/C6H8O4.Li/c1-2-10-6(9)4-3-5(7)8;/h3-4H,2H2,1H3,(H,7,8);/q;+1/p-1. The van der Waals surface area contributed by atoms with Crippen LogP contribution in [-0.2, 0) is 14.3 Å². The Kier molecular flexibility index (Phi) is 8.67. The molecule has 0 heterocycles. The summed E-state index contributed by atoms with van der Waals surface area (Å²) >= 11 is 0. The molecule has 0 aliphatic rings. The molecule has 4 nitrogen and oxygen atoms in total. The molecule has 0 unspecified atom stereocenters. The molecule has 0 aromatic carbocycles. The third kappa shape index (κ3) is 9.28. The van der Waals surface area contributed by atoms with Crippen LogP contribution in [0.15, 0.2) is 12.2 Å². The molecule has 0 fully saturated rings. The van der Waals surface area contributed by atoms with Crippen molar-refractivity contribution in [3.8, 4) is 0 Å². The fourth-order valence-electron chi connectivity index (χ4n) is 0.326. The van der Waals surface area contributed by atoms with Crippen LogP contribution >= 0.6 is 0 Å². The average molecular weight is 150 g/mol. The van der Waals surface area contributed by atoms with Crippen LogP contribution in [0, 0.1) is 0 Å². The second kappa shape index (κ2) is 7.39. The molecular weight excluding hydrogens is 143 g/mol. The van der Waals surface area contributed by atoms with Crippen molar-refractivity contribution in [2.75, 3.05) is 6.61 Å². The zero-order valence-electron chi connectivity index (χ0n) is 6.49. The molecule has 0 bridgehead atoms. The number of carbonyl (C=O) groups is 2. The molecule has 0 saturated heterocycles. The molecule has 0 N–H and O–H groups in total. The van der Waals surface area contributed by atoms with Gasteiger partial charge in [0.05, 0.1) is 12.6 Å². The maximum Gasteiger partial charge on any atom is 1.00 e. The third-order valence-electron chi connectivity index (χ3n) is 0.642. The Morgan fingerprint density at radius 2 is 2.00 bits per heavy atom. The first-order valence-corrected chi connectivity index (χ1v) is 2.72. The normalized spacial score (nSPS) is 8.82. The summed E-state index contributed by atoms with van der Waals surface area (Å²) in [5.41, 5.74) is 0. The monoisotopic (exact) mass is 150 g/mol. The van der Waals surface area contributed by atoms with E-state index in [0.29, 0.717) is 6.08 Å². The maximum atomic E-state index is 10.3. The minimum absolute atomic E-state index is 0. The number of rotatable bonds is 3. The summed E-state index contributed by atoms with van der Waals surface area (Å²) in [6.07, 6.45) is 1.43. The summed E-state index contributed by atoms with van der Waals surface area (Å²) in [6, 6.07) is 0. The Morgan fingerprint density at radius 1 is 1.45 bits per heavy atom. The first kappa shape index (κ1) is 12.9. The quantitative estimate of drug-likeness (QED) is 0.233. The van der Waals surface area contributed by atoms with Crippen LogP contribution in [0.1, 0.15) is 6.92 Å². The van der Waals surface area contributed by atoms with E-state index in [2.05, 4.69) is 4.74 Å². The van der Waals surface area contributed by atoms with Gasteiger partial charge >= 0.3 is 24.8 Å². The molecule has 0 aromatic rings. The number of carboxylic acid groups (broad SMARTS) is 1. The van der Waals surface area contributed by atoms with Crippen molar-refractivity contribution in [1.82, 2.24) is 0 Å². The van der Waals surface area contributed by atoms with Crippen molar-refractivity contribution in [2.24, 2.45) is 0 Å². The molecule has 0 radical (unpaired) electrons. The van der Waals surface area contributed by atoms with E-state index < -0.39 is 11.9 Å². The Labute approximate surface area is 76.4 Å².